The Morgan fingerprint density at radius 3 is 2.56 bits per heavy atom. The Kier molecular flexibility index (Phi) is 6.84. The van der Waals surface area contributed by atoms with E-state index in [9.17, 15) is 19.7 Å². The van der Waals surface area contributed by atoms with Gasteiger partial charge in [0.2, 0.25) is 5.91 Å². The number of hydrogen-bond acceptors (Lipinski definition) is 5. The summed E-state index contributed by atoms with van der Waals surface area (Å²) in [6, 6.07) is 8.11. The smallest absolute Gasteiger partial charge is 0.270 e. The van der Waals surface area contributed by atoms with Gasteiger partial charge in [-0.25, -0.2) is 0 Å². The van der Waals surface area contributed by atoms with Gasteiger partial charge in [0.1, 0.15) is 6.04 Å². The second-order valence-corrected chi connectivity index (χ2v) is 6.56. The van der Waals surface area contributed by atoms with E-state index < -0.39 is 16.9 Å². The third kappa shape index (κ3) is 5.49. The highest BCUT2D eigenvalue weighted by Crippen LogP contribution is 2.22. The minimum atomic E-state index is -0.799. The average Bonchev–Trinajstić information content (AvgIpc) is 2.64. The van der Waals surface area contributed by atoms with Crippen LogP contribution < -0.4 is 10.6 Å². The van der Waals surface area contributed by atoms with Gasteiger partial charge in [-0.2, -0.15) is 0 Å². The van der Waals surface area contributed by atoms with E-state index in [2.05, 4.69) is 15.6 Å². The summed E-state index contributed by atoms with van der Waals surface area (Å²) in [5.74, 6) is -1.13. The maximum atomic E-state index is 12.5. The molecule has 1 atom stereocenters. The second kappa shape index (κ2) is 9.09. The highest BCUT2D eigenvalue weighted by atomic mass is 35.5. The van der Waals surface area contributed by atoms with Crippen LogP contribution in [0, 0.1) is 16.0 Å². The molecule has 1 aromatic carbocycles. The normalized spacial score (nSPS) is 11.7. The summed E-state index contributed by atoms with van der Waals surface area (Å²) in [6.07, 6.45) is 1.62. The van der Waals surface area contributed by atoms with E-state index in [0.29, 0.717) is 5.69 Å². The fourth-order valence-electron chi connectivity index (χ4n) is 2.35. The molecular formula is C18H19ClN4O4. The van der Waals surface area contributed by atoms with Gasteiger partial charge in [0, 0.05) is 18.3 Å². The lowest BCUT2D eigenvalue weighted by atomic mass is 10.0. The number of nitro groups is 1. The quantitative estimate of drug-likeness (QED) is 0.557. The molecule has 2 aromatic rings. The Hall–Kier alpha value is -3.00. The molecule has 27 heavy (non-hydrogen) atoms. The van der Waals surface area contributed by atoms with Crippen LogP contribution in [0.5, 0.6) is 0 Å². The van der Waals surface area contributed by atoms with E-state index in [1.54, 1.807) is 32.2 Å². The molecule has 8 nitrogen and oxygen atoms in total. The van der Waals surface area contributed by atoms with Crippen molar-refractivity contribution in [1.29, 1.82) is 0 Å². The van der Waals surface area contributed by atoms with E-state index in [0.717, 1.165) is 6.07 Å². The second-order valence-electron chi connectivity index (χ2n) is 6.16. The van der Waals surface area contributed by atoms with E-state index in [-0.39, 0.29) is 34.6 Å². The standard InChI is InChI=1S/C18H19ClN4O4/c1-11(2)16(18(25)21-10-12-5-3-4-8-20-12)22-17(24)14-7-6-13(23(26)27)9-15(14)19/h3-9,11,16H,10H2,1-2H3,(H,21,25)(H,22,24). The van der Waals surface area contributed by atoms with Gasteiger partial charge in [-0.05, 0) is 24.1 Å². The first-order chi connectivity index (χ1) is 12.8. The Morgan fingerprint density at radius 1 is 1.26 bits per heavy atom. The number of carbonyl (C=O) groups excluding carboxylic acids is 2. The van der Waals surface area contributed by atoms with Crippen LogP contribution in [0.15, 0.2) is 42.6 Å². The molecule has 0 saturated carbocycles. The van der Waals surface area contributed by atoms with Crippen molar-refractivity contribution in [3.63, 3.8) is 0 Å². The van der Waals surface area contributed by atoms with Gasteiger partial charge in [-0.1, -0.05) is 31.5 Å². The van der Waals surface area contributed by atoms with Crippen LogP contribution in [0.25, 0.3) is 0 Å². The molecule has 2 rings (SSSR count). The third-order valence-electron chi connectivity index (χ3n) is 3.81. The van der Waals surface area contributed by atoms with Gasteiger partial charge >= 0.3 is 0 Å². The Morgan fingerprint density at radius 2 is 2.00 bits per heavy atom. The van der Waals surface area contributed by atoms with Crippen LogP contribution in [-0.2, 0) is 11.3 Å². The van der Waals surface area contributed by atoms with Crippen molar-refractivity contribution in [3.8, 4) is 0 Å². The van der Waals surface area contributed by atoms with Crippen molar-refractivity contribution < 1.29 is 14.5 Å². The number of rotatable bonds is 7. The highest BCUT2D eigenvalue weighted by molar-refractivity contribution is 6.34. The molecule has 0 spiro atoms. The van der Waals surface area contributed by atoms with Crippen LogP contribution in [0.4, 0.5) is 5.69 Å². The largest absolute Gasteiger partial charge is 0.349 e. The van der Waals surface area contributed by atoms with Crippen LogP contribution in [0.2, 0.25) is 5.02 Å². The van der Waals surface area contributed by atoms with Gasteiger partial charge in [0.05, 0.1) is 27.7 Å². The zero-order valence-corrected chi connectivity index (χ0v) is 15.6. The number of halogens is 1. The van der Waals surface area contributed by atoms with Crippen molar-refractivity contribution in [2.24, 2.45) is 5.92 Å². The number of pyridine rings is 1. The molecular weight excluding hydrogens is 372 g/mol. The first kappa shape index (κ1) is 20.3. The summed E-state index contributed by atoms with van der Waals surface area (Å²) in [5.41, 5.74) is 0.536. The topological polar surface area (TPSA) is 114 Å². The molecule has 0 aliphatic carbocycles. The molecule has 0 aliphatic rings. The number of benzene rings is 1. The highest BCUT2D eigenvalue weighted by Gasteiger charge is 2.26. The number of non-ortho nitro benzene ring substituents is 1. The van der Waals surface area contributed by atoms with Crippen LogP contribution in [0.3, 0.4) is 0 Å². The lowest BCUT2D eigenvalue weighted by molar-refractivity contribution is -0.384. The molecule has 0 saturated heterocycles. The number of nitrogens with zero attached hydrogens (tertiary/aromatic N) is 2. The fraction of sp³-hybridized carbons (Fsp3) is 0.278. The summed E-state index contributed by atoms with van der Waals surface area (Å²) in [5, 5.41) is 16.1. The predicted octanol–water partition coefficient (Wildman–Crippen LogP) is 2.71. The molecule has 0 fully saturated rings. The third-order valence-corrected chi connectivity index (χ3v) is 4.13. The number of nitrogens with one attached hydrogen (secondary N) is 2. The number of aromatic nitrogens is 1. The predicted molar refractivity (Wildman–Crippen MR) is 100 cm³/mol. The van der Waals surface area contributed by atoms with Gasteiger partial charge in [0.25, 0.3) is 11.6 Å². The van der Waals surface area contributed by atoms with Crippen molar-refractivity contribution in [3.05, 3.63) is 69.0 Å². The number of nitro benzene ring substituents is 1. The van der Waals surface area contributed by atoms with Crippen LogP contribution >= 0.6 is 11.6 Å². The Bertz CT molecular complexity index is 843. The Balaban J connectivity index is 2.07. The summed E-state index contributed by atoms with van der Waals surface area (Å²) in [7, 11) is 0. The van der Waals surface area contributed by atoms with Crippen LogP contribution in [-0.4, -0.2) is 27.8 Å². The number of carbonyl (C=O) groups is 2. The molecule has 2 amide bonds. The SMILES string of the molecule is CC(C)C(NC(=O)c1ccc([N+](=O)[O-])cc1Cl)C(=O)NCc1ccccn1. The van der Waals surface area contributed by atoms with Crippen LogP contribution in [0.1, 0.15) is 29.9 Å². The van der Waals surface area contributed by atoms with E-state index in [4.69, 9.17) is 11.6 Å². The van der Waals surface area contributed by atoms with Gasteiger partial charge < -0.3 is 10.6 Å². The van der Waals surface area contributed by atoms with Gasteiger partial charge in [0.15, 0.2) is 0 Å². The summed E-state index contributed by atoms with van der Waals surface area (Å²) < 4.78 is 0. The van der Waals surface area contributed by atoms with Crippen molar-refractivity contribution >= 4 is 29.1 Å². The average molecular weight is 391 g/mol. The van der Waals surface area contributed by atoms with Crippen molar-refractivity contribution in [1.82, 2.24) is 15.6 Å². The van der Waals surface area contributed by atoms with E-state index in [1.807, 2.05) is 6.07 Å². The molecule has 1 aromatic heterocycles. The zero-order valence-electron chi connectivity index (χ0n) is 14.8. The lowest BCUT2D eigenvalue weighted by Gasteiger charge is -2.22. The molecule has 1 unspecified atom stereocenters. The summed E-state index contributed by atoms with van der Waals surface area (Å²) in [6.45, 7) is 3.82. The van der Waals surface area contributed by atoms with Crippen molar-refractivity contribution in [2.75, 3.05) is 0 Å². The van der Waals surface area contributed by atoms with Gasteiger partial charge in [-0.15, -0.1) is 0 Å². The van der Waals surface area contributed by atoms with Gasteiger partial charge in [-0.3, -0.25) is 24.7 Å². The molecule has 0 aliphatic heterocycles. The summed E-state index contributed by atoms with van der Waals surface area (Å²) >= 11 is 5.98. The zero-order chi connectivity index (χ0) is 20.0. The maximum absolute atomic E-state index is 12.5. The fourth-order valence-corrected chi connectivity index (χ4v) is 2.61. The summed E-state index contributed by atoms with van der Waals surface area (Å²) in [4.78, 5) is 39.2. The first-order valence-electron chi connectivity index (χ1n) is 8.22. The minimum Gasteiger partial charge on any atom is -0.349 e. The molecule has 0 bridgehead atoms. The van der Waals surface area contributed by atoms with Crippen molar-refractivity contribution in [2.45, 2.75) is 26.4 Å². The van der Waals surface area contributed by atoms with E-state index in [1.165, 1.54) is 12.1 Å². The minimum absolute atomic E-state index is 0.0573. The first-order valence-corrected chi connectivity index (χ1v) is 8.59. The molecule has 1 heterocycles. The number of amides is 2. The molecule has 142 valence electrons. The molecule has 2 N–H and O–H groups in total. The maximum Gasteiger partial charge on any atom is 0.270 e. The Labute approximate surface area is 161 Å². The molecule has 0 radical (unpaired) electrons. The number of hydrogen-bond donors (Lipinski definition) is 2. The lowest BCUT2D eigenvalue weighted by Crippen LogP contribution is -2.49. The monoisotopic (exact) mass is 390 g/mol. The van der Waals surface area contributed by atoms with E-state index >= 15 is 0 Å². The molecule has 9 heteroatoms.